The van der Waals surface area contributed by atoms with Crippen molar-refractivity contribution in [2.75, 3.05) is 0 Å². The van der Waals surface area contributed by atoms with Gasteiger partial charge in [0.15, 0.2) is 0 Å². The van der Waals surface area contributed by atoms with Crippen molar-refractivity contribution in [1.29, 1.82) is 0 Å². The summed E-state index contributed by atoms with van der Waals surface area (Å²) < 4.78 is 0. The Balaban J connectivity index is 2.83. The minimum atomic E-state index is 0.868. The Kier molecular flexibility index (Phi) is 3.82. The smallest absolute Gasteiger partial charge is 0.0607 e. The van der Waals surface area contributed by atoms with Crippen LogP contribution < -0.4 is 5.19 Å². The second-order valence-electron chi connectivity index (χ2n) is 2.26. The Hall–Kier alpha value is -0.129. The van der Waals surface area contributed by atoms with Gasteiger partial charge in [0.25, 0.3) is 0 Å². The molecule has 1 rings (SSSR count). The van der Waals surface area contributed by atoms with Crippen LogP contribution in [0.2, 0.25) is 0 Å². The molecule has 0 fully saturated rings. The molecule has 11 heavy (non-hydrogen) atoms. The summed E-state index contributed by atoms with van der Waals surface area (Å²) in [5, 5.41) is 1.52. The summed E-state index contributed by atoms with van der Waals surface area (Å²) >= 11 is 0. The molecule has 1 aromatic rings. The molecule has 0 aliphatic rings. The first kappa shape index (κ1) is 8.96. The number of benzene rings is 1. The van der Waals surface area contributed by atoms with Crippen molar-refractivity contribution in [2.24, 2.45) is 0 Å². The van der Waals surface area contributed by atoms with Gasteiger partial charge in [-0.05, 0) is 12.0 Å². The van der Waals surface area contributed by atoms with E-state index < -0.39 is 0 Å². The molecular formula is C8H9Si3. The van der Waals surface area contributed by atoms with Gasteiger partial charge in [-0.3, -0.25) is 0 Å². The maximum atomic E-state index is 3.53. The zero-order chi connectivity index (χ0) is 8.10. The van der Waals surface area contributed by atoms with Crippen LogP contribution in [-0.4, -0.2) is 27.4 Å². The molecule has 0 nitrogen and oxygen atoms in total. The lowest BCUT2D eigenvalue weighted by Gasteiger charge is -2.03. The van der Waals surface area contributed by atoms with Crippen molar-refractivity contribution in [3.63, 3.8) is 0 Å². The molecule has 0 bridgehead atoms. The van der Waals surface area contributed by atoms with Gasteiger partial charge in [0.1, 0.15) is 0 Å². The molecule has 0 aliphatic heterocycles. The van der Waals surface area contributed by atoms with E-state index in [0.29, 0.717) is 0 Å². The zero-order valence-corrected chi connectivity index (χ0v) is 9.52. The molecule has 0 saturated carbocycles. The van der Waals surface area contributed by atoms with Gasteiger partial charge in [-0.15, -0.1) is 0 Å². The Morgan fingerprint density at radius 3 is 2.73 bits per heavy atom. The molecule has 53 valence electrons. The van der Waals surface area contributed by atoms with Crippen LogP contribution >= 0.6 is 0 Å². The molecule has 0 aliphatic carbocycles. The average molecular weight is 189 g/mol. The molecule has 0 amide bonds. The Bertz CT molecular complexity index is 222. The van der Waals surface area contributed by atoms with E-state index in [2.05, 4.69) is 40.9 Å². The first-order valence-corrected chi connectivity index (χ1v) is 8.14. The highest BCUT2D eigenvalue weighted by atomic mass is 29.5. The first-order chi connectivity index (χ1) is 5.38. The third-order valence-corrected chi connectivity index (χ3v) is 4.79. The lowest BCUT2D eigenvalue weighted by molar-refractivity contribution is 1.15. The first-order valence-electron chi connectivity index (χ1n) is 3.64. The maximum absolute atomic E-state index is 3.53. The normalized spacial score (nSPS) is 10.0. The quantitative estimate of drug-likeness (QED) is 0.599. The molecule has 0 heterocycles. The molecular weight excluding hydrogens is 180 g/mol. The molecule has 7 radical (unpaired) electrons. The molecule has 0 saturated heterocycles. The van der Waals surface area contributed by atoms with E-state index in [4.69, 9.17) is 0 Å². The fourth-order valence-electron chi connectivity index (χ4n) is 1.02. The lowest BCUT2D eigenvalue weighted by atomic mass is 10.2. The van der Waals surface area contributed by atoms with Crippen molar-refractivity contribution in [1.82, 2.24) is 0 Å². The summed E-state index contributed by atoms with van der Waals surface area (Å²) in [7, 11) is 5.34. The molecule has 0 N–H and O–H groups in total. The second-order valence-corrected chi connectivity index (χ2v) is 7.05. The van der Waals surface area contributed by atoms with E-state index in [9.17, 15) is 0 Å². The molecule has 0 unspecified atom stereocenters. The Morgan fingerprint density at radius 1 is 1.36 bits per heavy atom. The fraction of sp³-hybridized carbons (Fsp3) is 0.250. The molecule has 3 heteroatoms. The summed E-state index contributed by atoms with van der Waals surface area (Å²) in [4.78, 5) is 0. The monoisotopic (exact) mass is 189 g/mol. The number of hydrogen-bond donors (Lipinski definition) is 0. The van der Waals surface area contributed by atoms with Crippen LogP contribution in [0.1, 0.15) is 12.5 Å². The van der Waals surface area contributed by atoms with Crippen LogP contribution in [0.3, 0.4) is 0 Å². The van der Waals surface area contributed by atoms with Crippen LogP contribution in [0.25, 0.3) is 0 Å². The number of aryl methyl sites for hydroxylation is 1. The summed E-state index contributed by atoms with van der Waals surface area (Å²) in [5.41, 5.74) is 1.50. The third kappa shape index (κ3) is 2.43. The van der Waals surface area contributed by atoms with E-state index in [1.54, 1.807) is 0 Å². The number of rotatable bonds is 3. The van der Waals surface area contributed by atoms with Crippen LogP contribution in [-0.2, 0) is 6.42 Å². The fourth-order valence-corrected chi connectivity index (χ4v) is 4.10. The zero-order valence-electron chi connectivity index (χ0n) is 6.52. The predicted molar refractivity (Wildman–Crippen MR) is 52.7 cm³/mol. The SMILES string of the molecule is CCc1ccccc1[Si][Si][Si]. The highest BCUT2D eigenvalue weighted by Gasteiger charge is 1.97. The van der Waals surface area contributed by atoms with Gasteiger partial charge in [-0.25, -0.2) is 0 Å². The van der Waals surface area contributed by atoms with Gasteiger partial charge in [-0.1, -0.05) is 36.4 Å². The predicted octanol–water partition coefficient (Wildman–Crippen LogP) is 0.281. The Morgan fingerprint density at radius 2 is 2.09 bits per heavy atom. The summed E-state index contributed by atoms with van der Waals surface area (Å²) in [6, 6.07) is 8.68. The molecule has 0 atom stereocenters. The summed E-state index contributed by atoms with van der Waals surface area (Å²) in [5.74, 6) is 0. The molecule has 1 aromatic carbocycles. The summed E-state index contributed by atoms with van der Waals surface area (Å²) in [6.07, 6.45) is 1.15. The average Bonchev–Trinajstić information content (AvgIpc) is 2.06. The minimum absolute atomic E-state index is 0.868. The standard InChI is InChI=1S/C8H9Si3/c1-2-7-5-3-4-6-8(7)10-11-9/h3-6H,2H2,1H3. The second kappa shape index (κ2) is 4.69. The largest absolute Gasteiger partial charge is 0.0650 e. The highest BCUT2D eigenvalue weighted by Crippen LogP contribution is 1.95. The van der Waals surface area contributed by atoms with Crippen LogP contribution in [0.5, 0.6) is 0 Å². The van der Waals surface area contributed by atoms with E-state index in [1.165, 1.54) is 10.8 Å². The van der Waals surface area contributed by atoms with Crippen LogP contribution in [0, 0.1) is 0 Å². The van der Waals surface area contributed by atoms with Gasteiger partial charge in [-0.2, -0.15) is 0 Å². The van der Waals surface area contributed by atoms with E-state index >= 15 is 0 Å². The summed E-state index contributed by atoms with van der Waals surface area (Å²) in [6.45, 7) is 2.21. The molecule has 0 spiro atoms. The van der Waals surface area contributed by atoms with Crippen molar-refractivity contribution < 1.29 is 0 Å². The maximum Gasteiger partial charge on any atom is 0.0607 e. The van der Waals surface area contributed by atoms with Crippen molar-refractivity contribution >= 4 is 32.5 Å². The highest BCUT2D eigenvalue weighted by molar-refractivity contribution is 7.27. The van der Waals surface area contributed by atoms with Gasteiger partial charge in [0.2, 0.25) is 0 Å². The van der Waals surface area contributed by atoms with Crippen molar-refractivity contribution in [2.45, 2.75) is 13.3 Å². The third-order valence-electron chi connectivity index (χ3n) is 1.60. The van der Waals surface area contributed by atoms with Gasteiger partial charge in [0, 0.05) is 18.3 Å². The topological polar surface area (TPSA) is 0 Å². The van der Waals surface area contributed by atoms with Gasteiger partial charge < -0.3 is 0 Å². The minimum Gasteiger partial charge on any atom is -0.0650 e. The van der Waals surface area contributed by atoms with E-state index in [1.807, 2.05) is 0 Å². The Labute approximate surface area is 76.1 Å². The van der Waals surface area contributed by atoms with E-state index in [0.717, 1.165) is 24.0 Å². The van der Waals surface area contributed by atoms with Gasteiger partial charge in [0.05, 0.1) is 9.04 Å². The van der Waals surface area contributed by atoms with E-state index in [-0.39, 0.29) is 0 Å². The van der Waals surface area contributed by atoms with Crippen molar-refractivity contribution in [3.05, 3.63) is 29.8 Å². The van der Waals surface area contributed by atoms with Crippen LogP contribution in [0.4, 0.5) is 0 Å². The van der Waals surface area contributed by atoms with Gasteiger partial charge >= 0.3 is 0 Å². The number of hydrogen-bond acceptors (Lipinski definition) is 0. The van der Waals surface area contributed by atoms with Crippen LogP contribution in [0.15, 0.2) is 24.3 Å². The van der Waals surface area contributed by atoms with Crippen molar-refractivity contribution in [3.8, 4) is 0 Å². The lowest BCUT2D eigenvalue weighted by Crippen LogP contribution is -2.24. The molecule has 0 aromatic heterocycles.